The van der Waals surface area contributed by atoms with Gasteiger partial charge in [-0.3, -0.25) is 19.3 Å². The fraction of sp³-hybridized carbons (Fsp3) is 0.593. The monoisotopic (exact) mass is 498 g/mol. The predicted octanol–water partition coefficient (Wildman–Crippen LogP) is 2.81. The lowest BCUT2D eigenvalue weighted by Crippen LogP contribution is -2.58. The molecule has 6 atom stereocenters. The molecule has 9 nitrogen and oxygen atoms in total. The van der Waals surface area contributed by atoms with E-state index < -0.39 is 24.1 Å². The standard InChI is InChI=1S/C27H34N2O7/c1-14(30)9-23(31)36-22-10-15-13-29-8-7-18-17-6-5-16(33-2)11-20(17)28-25(18)21(29)12-19(15)24(26(22)34-3)27(32)35-4/h5-6,11,15,19,21-22,24,26,28H,7-10,12-13H2,1-4H3/t15-,19+,21+,22-,24+,26-/m1/s1. The molecule has 2 aliphatic heterocycles. The van der Waals surface area contributed by atoms with Gasteiger partial charge in [0, 0.05) is 42.9 Å². The first-order valence-electron chi connectivity index (χ1n) is 12.6. The summed E-state index contributed by atoms with van der Waals surface area (Å²) in [6.07, 6.45) is 0.774. The van der Waals surface area contributed by atoms with Crippen molar-refractivity contribution in [2.75, 3.05) is 34.4 Å². The van der Waals surface area contributed by atoms with Crippen molar-refractivity contribution in [1.29, 1.82) is 0 Å². The normalized spacial score (nSPS) is 29.6. The van der Waals surface area contributed by atoms with Crippen molar-refractivity contribution in [3.63, 3.8) is 0 Å². The summed E-state index contributed by atoms with van der Waals surface area (Å²) < 4.78 is 22.1. The van der Waals surface area contributed by atoms with E-state index in [0.717, 1.165) is 37.2 Å². The Balaban J connectivity index is 1.46. The number of ketones is 1. The van der Waals surface area contributed by atoms with Crippen LogP contribution in [0.5, 0.6) is 5.75 Å². The average Bonchev–Trinajstić information content (AvgIpc) is 3.24. The predicted molar refractivity (Wildman–Crippen MR) is 131 cm³/mol. The number of hydrogen-bond acceptors (Lipinski definition) is 8. The van der Waals surface area contributed by atoms with E-state index in [4.69, 9.17) is 18.9 Å². The van der Waals surface area contributed by atoms with E-state index in [9.17, 15) is 14.4 Å². The molecule has 1 N–H and O–H groups in total. The van der Waals surface area contributed by atoms with Crippen molar-refractivity contribution < 1.29 is 33.3 Å². The lowest BCUT2D eigenvalue weighted by Gasteiger charge is -2.52. The summed E-state index contributed by atoms with van der Waals surface area (Å²) in [4.78, 5) is 43.0. The Kier molecular flexibility index (Phi) is 6.78. The van der Waals surface area contributed by atoms with Gasteiger partial charge in [0.1, 0.15) is 30.2 Å². The fourth-order valence-corrected chi connectivity index (χ4v) is 6.77. The molecule has 1 saturated heterocycles. The average molecular weight is 499 g/mol. The number of rotatable bonds is 6. The van der Waals surface area contributed by atoms with Crippen LogP contribution in [-0.4, -0.2) is 74.2 Å². The molecule has 0 radical (unpaired) electrons. The van der Waals surface area contributed by atoms with E-state index in [2.05, 4.69) is 16.0 Å². The lowest BCUT2D eigenvalue weighted by molar-refractivity contribution is -0.189. The summed E-state index contributed by atoms with van der Waals surface area (Å²) in [5, 5.41) is 1.22. The Bertz CT molecular complexity index is 1170. The van der Waals surface area contributed by atoms with Crippen LogP contribution in [0.4, 0.5) is 0 Å². The van der Waals surface area contributed by atoms with Gasteiger partial charge in [-0.15, -0.1) is 0 Å². The number of fused-ring (bicyclic) bond motifs is 6. The molecular formula is C27H34N2O7. The molecule has 0 spiro atoms. The maximum Gasteiger partial charge on any atom is 0.313 e. The highest BCUT2D eigenvalue weighted by Crippen LogP contribution is 2.50. The van der Waals surface area contributed by atoms with Gasteiger partial charge in [0.05, 0.1) is 26.2 Å². The number of nitrogens with zero attached hydrogens (tertiary/aromatic N) is 1. The molecule has 2 aromatic rings. The van der Waals surface area contributed by atoms with Crippen molar-refractivity contribution in [2.45, 2.75) is 50.9 Å². The van der Waals surface area contributed by atoms with Crippen LogP contribution in [0.15, 0.2) is 18.2 Å². The van der Waals surface area contributed by atoms with Crippen LogP contribution < -0.4 is 4.74 Å². The Morgan fingerprint density at radius 1 is 1.14 bits per heavy atom. The van der Waals surface area contributed by atoms with Crippen LogP contribution in [0.25, 0.3) is 10.9 Å². The second-order valence-electron chi connectivity index (χ2n) is 10.2. The SMILES string of the molecule is COC(=O)[C@H]1[C@H]2C[C@H]3c4[nH]c5cc(OC)ccc5c4CCN3C[C@H]2C[C@@H](OC(=O)CC(C)=O)[C@H]1OC. The quantitative estimate of drug-likeness (QED) is 0.479. The highest BCUT2D eigenvalue weighted by molar-refractivity contribution is 5.94. The number of benzene rings is 1. The summed E-state index contributed by atoms with van der Waals surface area (Å²) in [6, 6.07) is 6.28. The van der Waals surface area contributed by atoms with E-state index in [0.29, 0.717) is 6.42 Å². The maximum atomic E-state index is 13.1. The van der Waals surface area contributed by atoms with Gasteiger partial charge in [-0.1, -0.05) is 0 Å². The van der Waals surface area contributed by atoms with Gasteiger partial charge in [0.15, 0.2) is 0 Å². The highest BCUT2D eigenvalue weighted by atomic mass is 16.6. The first-order valence-corrected chi connectivity index (χ1v) is 12.6. The number of esters is 2. The molecule has 194 valence electrons. The Morgan fingerprint density at radius 2 is 1.94 bits per heavy atom. The number of carbonyl (C=O) groups is 3. The number of aromatic amines is 1. The minimum atomic E-state index is -0.629. The van der Waals surface area contributed by atoms with E-state index in [1.54, 1.807) is 7.11 Å². The van der Waals surface area contributed by atoms with Crippen molar-refractivity contribution in [3.8, 4) is 5.75 Å². The first kappa shape index (κ1) is 24.8. The molecule has 0 bridgehead atoms. The number of piperidine rings is 1. The topological polar surface area (TPSA) is 107 Å². The van der Waals surface area contributed by atoms with Gasteiger partial charge in [0.25, 0.3) is 0 Å². The third-order valence-electron chi connectivity index (χ3n) is 8.28. The summed E-state index contributed by atoms with van der Waals surface area (Å²) >= 11 is 0. The van der Waals surface area contributed by atoms with Gasteiger partial charge in [-0.2, -0.15) is 0 Å². The van der Waals surface area contributed by atoms with Crippen molar-refractivity contribution in [2.24, 2.45) is 17.8 Å². The molecule has 9 heteroatoms. The lowest BCUT2D eigenvalue weighted by atomic mass is 9.63. The molecule has 2 fully saturated rings. The second kappa shape index (κ2) is 9.86. The Hall–Kier alpha value is -2.91. The molecular weight excluding hydrogens is 464 g/mol. The summed E-state index contributed by atoms with van der Waals surface area (Å²) in [5.41, 5.74) is 3.59. The van der Waals surface area contributed by atoms with Crippen LogP contribution in [-0.2, 0) is 35.0 Å². The number of aromatic nitrogens is 1. The maximum absolute atomic E-state index is 13.1. The molecule has 1 aromatic carbocycles. The van der Waals surface area contributed by atoms with Gasteiger partial charge in [-0.05, 0) is 55.7 Å². The van der Waals surface area contributed by atoms with Crippen LogP contribution in [0.1, 0.15) is 43.5 Å². The zero-order valence-electron chi connectivity index (χ0n) is 21.2. The van der Waals surface area contributed by atoms with Gasteiger partial charge in [0.2, 0.25) is 0 Å². The molecule has 0 amide bonds. The summed E-state index contributed by atoms with van der Waals surface area (Å²) in [6.45, 7) is 3.07. The minimum Gasteiger partial charge on any atom is -0.497 e. The molecule has 1 aliphatic carbocycles. The van der Waals surface area contributed by atoms with E-state index in [-0.39, 0.29) is 36.1 Å². The number of ether oxygens (including phenoxy) is 4. The number of carbonyl (C=O) groups excluding carboxylic acids is 3. The Labute approximate surface area is 210 Å². The van der Waals surface area contributed by atoms with Gasteiger partial charge >= 0.3 is 11.9 Å². The zero-order valence-corrected chi connectivity index (χ0v) is 21.2. The Morgan fingerprint density at radius 3 is 2.64 bits per heavy atom. The largest absolute Gasteiger partial charge is 0.497 e. The minimum absolute atomic E-state index is 0.0123. The molecule has 5 rings (SSSR count). The number of nitrogens with one attached hydrogen (secondary N) is 1. The number of Topliss-reactive ketones (excluding diaryl/α,β-unsaturated/α-hetero) is 1. The number of hydrogen-bond donors (Lipinski definition) is 1. The molecule has 3 aliphatic rings. The van der Waals surface area contributed by atoms with Crippen LogP contribution in [0.2, 0.25) is 0 Å². The smallest absolute Gasteiger partial charge is 0.313 e. The third kappa shape index (κ3) is 4.28. The van der Waals surface area contributed by atoms with E-state index in [1.807, 2.05) is 12.1 Å². The molecule has 1 aromatic heterocycles. The number of methoxy groups -OCH3 is 3. The van der Waals surface area contributed by atoms with Crippen LogP contribution in [0.3, 0.4) is 0 Å². The summed E-state index contributed by atoms with van der Waals surface area (Å²) in [7, 11) is 4.58. The van der Waals surface area contributed by atoms with Crippen molar-refractivity contribution >= 4 is 28.6 Å². The molecule has 3 heterocycles. The second-order valence-corrected chi connectivity index (χ2v) is 10.2. The zero-order chi connectivity index (χ0) is 25.6. The van der Waals surface area contributed by atoms with Crippen LogP contribution in [0, 0.1) is 17.8 Å². The summed E-state index contributed by atoms with van der Waals surface area (Å²) in [5.74, 6) is -0.792. The first-order chi connectivity index (χ1) is 17.3. The number of H-pyrrole nitrogens is 1. The van der Waals surface area contributed by atoms with Crippen LogP contribution >= 0.6 is 0 Å². The van der Waals surface area contributed by atoms with Gasteiger partial charge in [-0.25, -0.2) is 0 Å². The van der Waals surface area contributed by atoms with Gasteiger partial charge < -0.3 is 23.9 Å². The van der Waals surface area contributed by atoms with Crippen molar-refractivity contribution in [3.05, 3.63) is 29.5 Å². The molecule has 0 unspecified atom stereocenters. The van der Waals surface area contributed by atoms with E-state index >= 15 is 0 Å². The molecule has 36 heavy (non-hydrogen) atoms. The fourth-order valence-electron chi connectivity index (χ4n) is 6.77. The third-order valence-corrected chi connectivity index (χ3v) is 8.28. The molecule has 1 saturated carbocycles. The van der Waals surface area contributed by atoms with Crippen molar-refractivity contribution in [1.82, 2.24) is 9.88 Å². The van der Waals surface area contributed by atoms with E-state index in [1.165, 1.54) is 37.8 Å². The highest BCUT2D eigenvalue weighted by Gasteiger charge is 2.54.